The van der Waals surface area contributed by atoms with Gasteiger partial charge in [0.05, 0.1) is 5.57 Å². The summed E-state index contributed by atoms with van der Waals surface area (Å²) in [7, 11) is 0. The fourth-order valence-electron chi connectivity index (χ4n) is 3.91. The van der Waals surface area contributed by atoms with Crippen LogP contribution in [-0.2, 0) is 9.59 Å². The molecule has 1 unspecified atom stereocenters. The average molecular weight is 325 g/mol. The molecule has 0 aromatic heterocycles. The van der Waals surface area contributed by atoms with Gasteiger partial charge in [0, 0.05) is 31.6 Å². The van der Waals surface area contributed by atoms with Crippen molar-refractivity contribution in [1.82, 2.24) is 4.90 Å². The number of allylic oxidation sites excluding steroid dienone is 2. The van der Waals surface area contributed by atoms with Crippen LogP contribution in [0.4, 0.5) is 0 Å². The summed E-state index contributed by atoms with van der Waals surface area (Å²) in [6.07, 6.45) is 5.96. The summed E-state index contributed by atoms with van der Waals surface area (Å²) < 4.78 is 0. The first-order valence-electron chi connectivity index (χ1n) is 9.30. The number of unbranched alkanes of at least 4 members (excludes halogenated alkanes) is 1. The highest BCUT2D eigenvalue weighted by Crippen LogP contribution is 2.37. The summed E-state index contributed by atoms with van der Waals surface area (Å²) in [4.78, 5) is 27.8. The van der Waals surface area contributed by atoms with E-state index < -0.39 is 0 Å². The van der Waals surface area contributed by atoms with Crippen LogP contribution in [0.3, 0.4) is 0 Å². The molecule has 1 aliphatic heterocycles. The van der Waals surface area contributed by atoms with Gasteiger partial charge in [-0.2, -0.15) is 0 Å². The van der Waals surface area contributed by atoms with Crippen LogP contribution >= 0.6 is 0 Å². The number of nitrogens with zero attached hydrogens (tertiary/aromatic N) is 1. The van der Waals surface area contributed by atoms with Gasteiger partial charge in [0.15, 0.2) is 11.6 Å². The maximum absolute atomic E-state index is 12.8. The lowest BCUT2D eigenvalue weighted by Crippen LogP contribution is -2.31. The molecule has 1 heterocycles. The van der Waals surface area contributed by atoms with E-state index in [1.807, 2.05) is 18.2 Å². The molecule has 1 aromatic carbocycles. The zero-order valence-electron chi connectivity index (χ0n) is 14.6. The molecule has 1 aliphatic carbocycles. The van der Waals surface area contributed by atoms with E-state index in [0.29, 0.717) is 18.4 Å². The summed E-state index contributed by atoms with van der Waals surface area (Å²) in [5.74, 6) is 0.324. The van der Waals surface area contributed by atoms with E-state index in [4.69, 9.17) is 0 Å². The molecule has 1 atom stereocenters. The van der Waals surface area contributed by atoms with E-state index >= 15 is 0 Å². The second-order valence-corrected chi connectivity index (χ2v) is 6.98. The summed E-state index contributed by atoms with van der Waals surface area (Å²) >= 11 is 0. The summed E-state index contributed by atoms with van der Waals surface area (Å²) in [5, 5.41) is 0. The molecule has 0 spiro atoms. The van der Waals surface area contributed by atoms with Crippen LogP contribution in [0.25, 0.3) is 0 Å². The molecule has 3 nitrogen and oxygen atoms in total. The average Bonchev–Trinajstić information content (AvgIpc) is 3.14. The number of benzene rings is 1. The third-order valence-corrected chi connectivity index (χ3v) is 5.23. The molecule has 1 saturated heterocycles. The smallest absolute Gasteiger partial charge is 0.168 e. The Balaban J connectivity index is 1.91. The lowest BCUT2D eigenvalue weighted by molar-refractivity contribution is -0.122. The summed E-state index contributed by atoms with van der Waals surface area (Å²) in [6.45, 7) is 4.04. The molecule has 0 bridgehead atoms. The van der Waals surface area contributed by atoms with Crippen molar-refractivity contribution >= 4 is 11.6 Å². The molecule has 0 saturated carbocycles. The van der Waals surface area contributed by atoms with Gasteiger partial charge in [0.1, 0.15) is 0 Å². The molecule has 0 radical (unpaired) electrons. The number of Topliss-reactive ketones (excluding diaryl/α,β-unsaturated/α-hetero) is 2. The molecule has 0 amide bonds. The minimum Gasteiger partial charge on any atom is -0.374 e. The monoisotopic (exact) mass is 325 g/mol. The Hall–Kier alpha value is -1.90. The molecule has 3 heteroatoms. The Bertz CT molecular complexity index is 626. The summed E-state index contributed by atoms with van der Waals surface area (Å²) in [6, 6.07) is 10.3. The number of carbonyl (C=O) groups is 2. The number of rotatable bonds is 6. The van der Waals surface area contributed by atoms with Crippen LogP contribution in [0.15, 0.2) is 41.6 Å². The Morgan fingerprint density at radius 1 is 1.12 bits per heavy atom. The van der Waals surface area contributed by atoms with Gasteiger partial charge in [0.25, 0.3) is 0 Å². The SMILES string of the molecule is CCCCC(=O)C1=C(N2CCCC2)CC(c2ccccc2)CC1=O. The molecule has 2 aliphatic rings. The second kappa shape index (κ2) is 7.78. The van der Waals surface area contributed by atoms with E-state index in [-0.39, 0.29) is 17.5 Å². The molecule has 24 heavy (non-hydrogen) atoms. The number of hydrogen-bond donors (Lipinski definition) is 0. The van der Waals surface area contributed by atoms with E-state index in [9.17, 15) is 9.59 Å². The quantitative estimate of drug-likeness (QED) is 0.734. The van der Waals surface area contributed by atoms with Crippen LogP contribution in [0.5, 0.6) is 0 Å². The Morgan fingerprint density at radius 3 is 2.50 bits per heavy atom. The minimum atomic E-state index is 0.0538. The van der Waals surface area contributed by atoms with Crippen LogP contribution in [-0.4, -0.2) is 29.6 Å². The van der Waals surface area contributed by atoms with Crippen LogP contribution < -0.4 is 0 Å². The van der Waals surface area contributed by atoms with Gasteiger partial charge in [-0.1, -0.05) is 43.7 Å². The summed E-state index contributed by atoms with van der Waals surface area (Å²) in [5.41, 5.74) is 2.76. The van der Waals surface area contributed by atoms with Crippen molar-refractivity contribution in [3.8, 4) is 0 Å². The number of ketones is 2. The van der Waals surface area contributed by atoms with Gasteiger partial charge in [-0.25, -0.2) is 0 Å². The van der Waals surface area contributed by atoms with Crippen LogP contribution in [0, 0.1) is 0 Å². The maximum Gasteiger partial charge on any atom is 0.168 e. The standard InChI is InChI=1S/C21H27NO2/c1-2-3-11-19(23)21-18(22-12-7-8-13-22)14-17(15-20(21)24)16-9-5-4-6-10-16/h4-6,9-10,17H,2-3,7-8,11-15H2,1H3. The van der Waals surface area contributed by atoms with Crippen molar-refractivity contribution in [2.75, 3.05) is 13.1 Å². The fourth-order valence-corrected chi connectivity index (χ4v) is 3.91. The maximum atomic E-state index is 12.8. The molecular weight excluding hydrogens is 298 g/mol. The number of carbonyl (C=O) groups excluding carboxylic acids is 2. The van der Waals surface area contributed by atoms with E-state index in [2.05, 4.69) is 24.0 Å². The van der Waals surface area contributed by atoms with Crippen LogP contribution in [0.2, 0.25) is 0 Å². The van der Waals surface area contributed by atoms with Gasteiger partial charge in [-0.15, -0.1) is 0 Å². The third-order valence-electron chi connectivity index (χ3n) is 5.23. The van der Waals surface area contributed by atoms with E-state index in [1.54, 1.807) is 0 Å². The van der Waals surface area contributed by atoms with E-state index in [1.165, 1.54) is 5.56 Å². The second-order valence-electron chi connectivity index (χ2n) is 6.98. The molecule has 128 valence electrons. The highest BCUT2D eigenvalue weighted by Gasteiger charge is 2.34. The molecule has 1 fully saturated rings. The first-order chi connectivity index (χ1) is 11.7. The molecule has 0 N–H and O–H groups in total. The zero-order valence-corrected chi connectivity index (χ0v) is 14.6. The molecule has 3 rings (SSSR count). The van der Waals surface area contributed by atoms with Gasteiger partial charge >= 0.3 is 0 Å². The predicted octanol–water partition coefficient (Wildman–Crippen LogP) is 4.24. The van der Waals surface area contributed by atoms with Gasteiger partial charge in [-0.05, 0) is 37.2 Å². The normalized spacial score (nSPS) is 21.5. The highest BCUT2D eigenvalue weighted by atomic mass is 16.1. The van der Waals surface area contributed by atoms with Gasteiger partial charge < -0.3 is 4.90 Å². The Kier molecular flexibility index (Phi) is 5.49. The third kappa shape index (κ3) is 3.61. The van der Waals surface area contributed by atoms with Crippen molar-refractivity contribution in [2.45, 2.75) is 57.8 Å². The lowest BCUT2D eigenvalue weighted by Gasteiger charge is -2.32. The number of likely N-dealkylation sites (tertiary alicyclic amines) is 1. The van der Waals surface area contributed by atoms with Gasteiger partial charge in [0.2, 0.25) is 0 Å². The van der Waals surface area contributed by atoms with Crippen molar-refractivity contribution in [3.05, 3.63) is 47.2 Å². The zero-order chi connectivity index (χ0) is 16.9. The topological polar surface area (TPSA) is 37.4 Å². The van der Waals surface area contributed by atoms with Gasteiger partial charge in [-0.3, -0.25) is 9.59 Å². The van der Waals surface area contributed by atoms with Crippen molar-refractivity contribution < 1.29 is 9.59 Å². The van der Waals surface area contributed by atoms with E-state index in [0.717, 1.165) is 50.9 Å². The van der Waals surface area contributed by atoms with Crippen LogP contribution in [0.1, 0.15) is 63.4 Å². The minimum absolute atomic E-state index is 0.0538. The first-order valence-corrected chi connectivity index (χ1v) is 9.30. The highest BCUT2D eigenvalue weighted by molar-refractivity contribution is 6.21. The number of hydrogen-bond acceptors (Lipinski definition) is 3. The fraction of sp³-hybridized carbons (Fsp3) is 0.524. The molecular formula is C21H27NO2. The van der Waals surface area contributed by atoms with Crippen molar-refractivity contribution in [1.29, 1.82) is 0 Å². The predicted molar refractivity (Wildman–Crippen MR) is 95.8 cm³/mol. The lowest BCUT2D eigenvalue weighted by atomic mass is 9.79. The largest absolute Gasteiger partial charge is 0.374 e. The first kappa shape index (κ1) is 16.9. The Morgan fingerprint density at radius 2 is 1.83 bits per heavy atom. The van der Waals surface area contributed by atoms with Crippen molar-refractivity contribution in [2.24, 2.45) is 0 Å². The Labute approximate surface area is 144 Å². The molecule has 1 aromatic rings. The van der Waals surface area contributed by atoms with Crippen molar-refractivity contribution in [3.63, 3.8) is 0 Å².